The fourth-order valence-electron chi connectivity index (χ4n) is 24.7. The lowest BCUT2D eigenvalue weighted by Crippen LogP contribution is -1.97. The van der Waals surface area contributed by atoms with Gasteiger partial charge in [0.05, 0.1) is 71.9 Å². The number of hydrogen-bond donors (Lipinski definition) is 0. The van der Waals surface area contributed by atoms with E-state index >= 15 is 0 Å². The molecule has 0 bridgehead atoms. The van der Waals surface area contributed by atoms with Crippen molar-refractivity contribution in [3.8, 4) is 67.5 Å². The molecule has 0 unspecified atom stereocenters. The van der Waals surface area contributed by atoms with Gasteiger partial charge in [-0.2, -0.15) is 0 Å². The maximum atomic E-state index is 2.51. The summed E-state index contributed by atoms with van der Waals surface area (Å²) in [6, 6.07) is 195. The molecule has 26 aromatic carbocycles. The minimum absolute atomic E-state index is 1.16. The molecule has 0 aliphatic rings. The molecule has 32 rings (SSSR count). The summed E-state index contributed by atoms with van der Waals surface area (Å²) in [5.41, 5.74) is 29.1. The van der Waals surface area contributed by atoms with Crippen LogP contribution in [0, 0.1) is 0 Å². The molecule has 0 fully saturated rings. The number of nitrogens with zero attached hydrogens (tertiary/aromatic N) is 6. The van der Waals surface area contributed by atoms with Crippen molar-refractivity contribution >= 4 is 217 Å². The highest BCUT2D eigenvalue weighted by atomic mass is 15.0. The Labute approximate surface area is 839 Å². The fourth-order valence-corrected chi connectivity index (χ4v) is 24.7. The summed E-state index contributed by atoms with van der Waals surface area (Å²) < 4.78 is 15.0. The van der Waals surface area contributed by atoms with Crippen molar-refractivity contribution in [2.24, 2.45) is 0 Å². The lowest BCUT2D eigenvalue weighted by Gasteiger charge is -2.15. The van der Waals surface area contributed by atoms with Crippen molar-refractivity contribution < 1.29 is 0 Å². The molecule has 0 atom stereocenters. The minimum atomic E-state index is 1.16. The van der Waals surface area contributed by atoms with Crippen molar-refractivity contribution in [1.82, 2.24) is 27.4 Å². The van der Waals surface area contributed by atoms with E-state index in [1.165, 1.54) is 262 Å². The molecule has 6 nitrogen and oxygen atoms in total. The third-order valence-corrected chi connectivity index (χ3v) is 30.9. The number of rotatable bonds is 9. The second-order valence-corrected chi connectivity index (χ2v) is 38.8. The van der Waals surface area contributed by atoms with Gasteiger partial charge in [-0.1, -0.05) is 413 Å². The van der Waals surface area contributed by atoms with E-state index in [-0.39, 0.29) is 0 Å². The van der Waals surface area contributed by atoms with Gasteiger partial charge in [-0.25, -0.2) is 0 Å². The first-order chi connectivity index (χ1) is 72.5. The number of aromatic nitrogens is 6. The van der Waals surface area contributed by atoms with E-state index in [0.717, 1.165) is 22.7 Å². The van der Waals surface area contributed by atoms with Gasteiger partial charge in [-0.3, -0.25) is 0 Å². The SMILES string of the molecule is c1ccc(-c2ccc(-n3c4ccccc4c4cc5c6ccc7ccccc7c6n(-c6ccccc6)c5cc43)c3ccccc23)cc1.c1ccc(-c2ccc3cc(-n4c5ccccc5c5c4c4ccccc4c4c6c7ccccc7ccc6n(-c6ccccc6)c45)ccc3c2)cc1.c1ccc(-c2ccc3ccc(-n4c5ccccc5c5c4c4ccccc4c4c6c7ccccc7ccc6n(-c6ccccc6)c45)cc3c2)cc1. The Balaban J connectivity index is 0.000000102. The largest absolute Gasteiger partial charge is 0.309 e. The Hall–Kier alpha value is -19.4. The van der Waals surface area contributed by atoms with Crippen molar-refractivity contribution in [2.75, 3.05) is 0 Å². The average molecular weight is 1850 g/mol. The molecule has 0 radical (unpaired) electrons. The van der Waals surface area contributed by atoms with Crippen molar-refractivity contribution in [2.45, 2.75) is 0 Å². The summed E-state index contributed by atoms with van der Waals surface area (Å²) in [5.74, 6) is 0. The molecule has 678 valence electrons. The van der Waals surface area contributed by atoms with Gasteiger partial charge in [0, 0.05) is 115 Å². The molecule has 6 heterocycles. The molecule has 0 saturated heterocycles. The van der Waals surface area contributed by atoms with E-state index < -0.39 is 0 Å². The van der Waals surface area contributed by atoms with Crippen LogP contribution in [0.25, 0.3) is 285 Å². The Kier molecular flexibility index (Phi) is 18.7. The summed E-state index contributed by atoms with van der Waals surface area (Å²) in [7, 11) is 0. The van der Waals surface area contributed by atoms with E-state index in [1.807, 2.05) is 0 Å². The average Bonchev–Trinajstić information content (AvgIpc) is 1.52. The predicted molar refractivity (Wildman–Crippen MR) is 622 cm³/mol. The first-order valence-electron chi connectivity index (χ1n) is 50.4. The van der Waals surface area contributed by atoms with Crippen LogP contribution >= 0.6 is 0 Å². The quantitative estimate of drug-likeness (QED) is 0.138. The zero-order valence-electron chi connectivity index (χ0n) is 79.5. The Bertz CT molecular complexity index is 11000. The second kappa shape index (κ2) is 33.1. The summed E-state index contributed by atoms with van der Waals surface area (Å²) in [4.78, 5) is 0. The van der Waals surface area contributed by atoms with Crippen LogP contribution in [0.15, 0.2) is 534 Å². The lowest BCUT2D eigenvalue weighted by atomic mass is 9.97. The van der Waals surface area contributed by atoms with E-state index in [1.54, 1.807) is 0 Å². The van der Waals surface area contributed by atoms with Crippen LogP contribution in [0.2, 0.25) is 0 Å². The van der Waals surface area contributed by atoms with Crippen LogP contribution in [0.3, 0.4) is 0 Å². The highest BCUT2D eigenvalue weighted by Gasteiger charge is 2.30. The van der Waals surface area contributed by atoms with E-state index in [4.69, 9.17) is 0 Å². The smallest absolute Gasteiger partial charge is 0.0648 e. The Morgan fingerprint density at radius 2 is 0.445 bits per heavy atom. The summed E-state index contributed by atoms with van der Waals surface area (Å²) in [6.45, 7) is 0. The van der Waals surface area contributed by atoms with Gasteiger partial charge in [-0.15, -0.1) is 0 Å². The Morgan fingerprint density at radius 3 is 0.966 bits per heavy atom. The molecule has 0 aliphatic carbocycles. The molecule has 0 amide bonds. The van der Waals surface area contributed by atoms with Gasteiger partial charge in [0.15, 0.2) is 0 Å². The van der Waals surface area contributed by atoms with Crippen LogP contribution in [0.5, 0.6) is 0 Å². The molecule has 0 spiro atoms. The van der Waals surface area contributed by atoms with E-state index in [2.05, 4.69) is 561 Å². The van der Waals surface area contributed by atoms with Crippen LogP contribution in [-0.2, 0) is 0 Å². The number of fused-ring (bicyclic) bond motifs is 35. The van der Waals surface area contributed by atoms with Gasteiger partial charge in [-0.05, 0) is 219 Å². The fraction of sp³-hybridized carbons (Fsp3) is 0. The zero-order chi connectivity index (χ0) is 95.7. The normalized spacial score (nSPS) is 12.0. The van der Waals surface area contributed by atoms with Crippen LogP contribution in [0.4, 0.5) is 0 Å². The van der Waals surface area contributed by atoms with Crippen molar-refractivity contribution in [3.63, 3.8) is 0 Å². The number of benzene rings is 26. The van der Waals surface area contributed by atoms with Crippen LogP contribution in [-0.4, -0.2) is 27.4 Å². The summed E-state index contributed by atoms with van der Waals surface area (Å²) >= 11 is 0. The van der Waals surface area contributed by atoms with Crippen LogP contribution < -0.4 is 0 Å². The second-order valence-electron chi connectivity index (χ2n) is 38.8. The molecule has 0 aliphatic heterocycles. The molecule has 146 heavy (non-hydrogen) atoms. The van der Waals surface area contributed by atoms with Gasteiger partial charge < -0.3 is 27.4 Å². The lowest BCUT2D eigenvalue weighted by molar-refractivity contribution is 1.17. The summed E-state index contributed by atoms with van der Waals surface area (Å²) in [6.07, 6.45) is 0. The topological polar surface area (TPSA) is 29.6 Å². The molecule has 6 heteroatoms. The van der Waals surface area contributed by atoms with Crippen molar-refractivity contribution in [3.05, 3.63) is 534 Å². The third-order valence-electron chi connectivity index (χ3n) is 30.9. The molecule has 6 aromatic heterocycles. The molecule has 0 saturated carbocycles. The van der Waals surface area contributed by atoms with E-state index in [9.17, 15) is 0 Å². The first-order valence-corrected chi connectivity index (χ1v) is 50.4. The highest BCUT2D eigenvalue weighted by molar-refractivity contribution is 6.42. The monoisotopic (exact) mass is 1850 g/mol. The van der Waals surface area contributed by atoms with Gasteiger partial charge >= 0.3 is 0 Å². The predicted octanol–water partition coefficient (Wildman–Crippen LogP) is 37.9. The van der Waals surface area contributed by atoms with Gasteiger partial charge in [0.2, 0.25) is 0 Å². The zero-order valence-corrected chi connectivity index (χ0v) is 79.5. The maximum Gasteiger partial charge on any atom is 0.0648 e. The minimum Gasteiger partial charge on any atom is -0.309 e. The summed E-state index contributed by atoms with van der Waals surface area (Å²) in [5, 5.41) is 35.4. The maximum absolute atomic E-state index is 2.51. The van der Waals surface area contributed by atoms with E-state index in [0.29, 0.717) is 0 Å². The molecule has 32 aromatic rings. The number of para-hydroxylation sites is 6. The first kappa shape index (κ1) is 82.5. The van der Waals surface area contributed by atoms with Gasteiger partial charge in [0.1, 0.15) is 0 Å². The molecule has 0 N–H and O–H groups in total. The van der Waals surface area contributed by atoms with Gasteiger partial charge in [0.25, 0.3) is 0 Å². The van der Waals surface area contributed by atoms with Crippen LogP contribution in [0.1, 0.15) is 0 Å². The highest BCUT2D eigenvalue weighted by Crippen LogP contribution is 2.53. The molecular formula is C140H88N6. The Morgan fingerprint density at radius 1 is 0.110 bits per heavy atom. The standard InChI is InChI=1S/2C48H30N2.C44H28N2/c1-3-13-31(14-4-1)34-24-23-32-25-27-37(30-35(32)29-34)50-42-22-12-11-21-41(42)46-47(50)40-20-10-9-19-39(40)45-44-38-18-8-7-15-33(38)26-28-43(44)49(48(45)46)36-16-5-2-6-17-36;1-3-13-31(14-4-1)33-23-24-35-30-37(27-25-34(35)29-33)50-42-22-12-11-21-41(42)46-47(50)40-20-10-9-19-39(40)45-44-38-18-8-7-15-32(38)26-28-43(44)49(48(45)46)36-16-5-2-6-17-36;1-3-13-29(14-4-1)32-25-26-41(35-20-10-9-19-34(32)35)46-40-22-12-11-21-36(40)38-27-39-37-24-23-30-15-7-8-18-33(30)44(37)45(42(39)28-43(38)46)31-16-5-2-6-17-31/h2*1-30H;1-28H. The molecular weight excluding hydrogens is 1770 g/mol. The third kappa shape index (κ3) is 12.7. The number of hydrogen-bond acceptors (Lipinski definition) is 0. The van der Waals surface area contributed by atoms with Crippen molar-refractivity contribution in [1.29, 1.82) is 0 Å².